The molecule has 196 valence electrons. The van der Waals surface area contributed by atoms with E-state index < -0.39 is 5.60 Å². The van der Waals surface area contributed by atoms with E-state index in [1.807, 2.05) is 29.2 Å². The fourth-order valence-electron chi connectivity index (χ4n) is 5.69. The monoisotopic (exact) mass is 483 g/mol. The number of Topliss-reactive ketones (excluding diaryl/α,β-unsaturated/α-hetero) is 1. The van der Waals surface area contributed by atoms with E-state index in [9.17, 15) is 9.59 Å². The maximum absolute atomic E-state index is 12.7. The molecule has 0 bridgehead atoms. The van der Waals surface area contributed by atoms with Gasteiger partial charge in [-0.15, -0.1) is 0 Å². The molecular formula is C31H49NO3. The first kappa shape index (κ1) is 27.7. The lowest BCUT2D eigenvalue weighted by Crippen LogP contribution is -2.52. The second-order valence-electron chi connectivity index (χ2n) is 11.0. The molecule has 1 saturated heterocycles. The van der Waals surface area contributed by atoms with Crippen LogP contribution in [0.5, 0.6) is 5.75 Å². The Morgan fingerprint density at radius 3 is 1.89 bits per heavy atom. The molecule has 0 unspecified atom stereocenters. The molecule has 1 aromatic carbocycles. The van der Waals surface area contributed by atoms with Crippen molar-refractivity contribution in [2.75, 3.05) is 13.1 Å². The molecule has 0 aliphatic carbocycles. The number of carbonyl (C=O) groups excluding carboxylic acids is 2. The first-order chi connectivity index (χ1) is 17.1. The van der Waals surface area contributed by atoms with Crippen LogP contribution in [0.4, 0.5) is 0 Å². The third-order valence-electron chi connectivity index (χ3n) is 8.02. The maximum atomic E-state index is 12.7. The Kier molecular flexibility index (Phi) is 12.1. The predicted molar refractivity (Wildman–Crippen MR) is 144 cm³/mol. The highest BCUT2D eigenvalue weighted by molar-refractivity contribution is 6.00. The van der Waals surface area contributed by atoms with Crippen molar-refractivity contribution in [1.29, 1.82) is 0 Å². The molecule has 1 fully saturated rings. The van der Waals surface area contributed by atoms with Gasteiger partial charge in [0.25, 0.3) is 0 Å². The van der Waals surface area contributed by atoms with E-state index in [-0.39, 0.29) is 11.7 Å². The van der Waals surface area contributed by atoms with Crippen molar-refractivity contribution in [2.45, 2.75) is 135 Å². The van der Waals surface area contributed by atoms with Crippen molar-refractivity contribution in [3.05, 3.63) is 29.8 Å². The number of unbranched alkanes of at least 4 members (excludes halogenated alkanes) is 14. The van der Waals surface area contributed by atoms with Gasteiger partial charge in [-0.3, -0.25) is 9.59 Å². The number of rotatable bonds is 16. The van der Waals surface area contributed by atoms with Crippen LogP contribution in [0, 0.1) is 0 Å². The molecule has 1 spiro atoms. The van der Waals surface area contributed by atoms with Gasteiger partial charge >= 0.3 is 0 Å². The van der Waals surface area contributed by atoms with Crippen LogP contribution in [0.3, 0.4) is 0 Å². The van der Waals surface area contributed by atoms with E-state index in [0.29, 0.717) is 37.2 Å². The molecule has 35 heavy (non-hydrogen) atoms. The lowest BCUT2D eigenvalue weighted by molar-refractivity contribution is -0.134. The van der Waals surface area contributed by atoms with Gasteiger partial charge < -0.3 is 9.64 Å². The summed E-state index contributed by atoms with van der Waals surface area (Å²) in [7, 11) is 0. The number of amides is 1. The summed E-state index contributed by atoms with van der Waals surface area (Å²) in [5, 5.41) is 0. The van der Waals surface area contributed by atoms with E-state index in [1.54, 1.807) is 0 Å². The molecule has 2 aliphatic heterocycles. The lowest BCUT2D eigenvalue weighted by Gasteiger charge is -2.44. The van der Waals surface area contributed by atoms with Gasteiger partial charge in [0.15, 0.2) is 5.78 Å². The molecule has 2 aliphatic rings. The maximum Gasteiger partial charge on any atom is 0.222 e. The Hall–Kier alpha value is -1.84. The van der Waals surface area contributed by atoms with Crippen LogP contribution >= 0.6 is 0 Å². The minimum atomic E-state index is -0.420. The molecule has 4 nitrogen and oxygen atoms in total. The zero-order valence-electron chi connectivity index (χ0n) is 22.3. The van der Waals surface area contributed by atoms with E-state index in [0.717, 1.165) is 25.7 Å². The van der Waals surface area contributed by atoms with Crippen molar-refractivity contribution in [3.63, 3.8) is 0 Å². The molecule has 2 heterocycles. The molecule has 0 radical (unpaired) electrons. The summed E-state index contributed by atoms with van der Waals surface area (Å²) < 4.78 is 6.29. The number of benzene rings is 1. The normalized spacial score (nSPS) is 16.8. The summed E-state index contributed by atoms with van der Waals surface area (Å²) in [5.74, 6) is 1.16. The minimum absolute atomic E-state index is 0.171. The molecule has 0 N–H and O–H groups in total. The highest BCUT2D eigenvalue weighted by Crippen LogP contribution is 2.39. The Morgan fingerprint density at radius 1 is 0.800 bits per heavy atom. The largest absolute Gasteiger partial charge is 0.486 e. The van der Waals surface area contributed by atoms with Crippen molar-refractivity contribution in [1.82, 2.24) is 4.90 Å². The molecule has 3 rings (SSSR count). The van der Waals surface area contributed by atoms with Gasteiger partial charge in [0.1, 0.15) is 11.4 Å². The van der Waals surface area contributed by atoms with Gasteiger partial charge in [-0.2, -0.15) is 0 Å². The van der Waals surface area contributed by atoms with E-state index in [4.69, 9.17) is 4.74 Å². The number of para-hydroxylation sites is 1. The van der Waals surface area contributed by atoms with Crippen molar-refractivity contribution in [2.24, 2.45) is 0 Å². The fourth-order valence-corrected chi connectivity index (χ4v) is 5.69. The number of piperidine rings is 1. The van der Waals surface area contributed by atoms with Crippen LogP contribution < -0.4 is 4.74 Å². The first-order valence-electron chi connectivity index (χ1n) is 14.7. The molecule has 0 atom stereocenters. The number of ether oxygens (including phenoxy) is 1. The fraction of sp³-hybridized carbons (Fsp3) is 0.742. The average molecular weight is 484 g/mol. The van der Waals surface area contributed by atoms with Crippen LogP contribution in [-0.2, 0) is 4.79 Å². The minimum Gasteiger partial charge on any atom is -0.486 e. The molecule has 0 aromatic heterocycles. The zero-order valence-corrected chi connectivity index (χ0v) is 22.3. The third-order valence-corrected chi connectivity index (χ3v) is 8.02. The van der Waals surface area contributed by atoms with Crippen LogP contribution in [-0.4, -0.2) is 35.3 Å². The summed E-state index contributed by atoms with van der Waals surface area (Å²) in [6.07, 6.45) is 22.7. The molecule has 1 aromatic rings. The van der Waals surface area contributed by atoms with Crippen LogP contribution in [0.2, 0.25) is 0 Å². The molecule has 1 amide bonds. The number of ketones is 1. The summed E-state index contributed by atoms with van der Waals surface area (Å²) in [4.78, 5) is 27.3. The number of hydrogen-bond acceptors (Lipinski definition) is 3. The Balaban J connectivity index is 1.17. The van der Waals surface area contributed by atoms with Crippen molar-refractivity contribution >= 4 is 11.7 Å². The van der Waals surface area contributed by atoms with Crippen LogP contribution in [0.1, 0.15) is 139 Å². The SMILES string of the molecule is CCCCCCCCCCCCCCCCCC(=O)N1CCC2(CC1)CC(=O)c1ccccc1O2. The number of nitrogens with zero attached hydrogens (tertiary/aromatic N) is 1. The molecule has 4 heteroatoms. The van der Waals surface area contributed by atoms with Crippen molar-refractivity contribution in [3.8, 4) is 5.75 Å². The summed E-state index contributed by atoms with van der Waals surface area (Å²) >= 11 is 0. The van der Waals surface area contributed by atoms with E-state index in [1.165, 1.54) is 83.5 Å². The summed E-state index contributed by atoms with van der Waals surface area (Å²) in [6, 6.07) is 7.54. The van der Waals surface area contributed by atoms with Crippen molar-refractivity contribution < 1.29 is 14.3 Å². The van der Waals surface area contributed by atoms with Gasteiger partial charge in [0.2, 0.25) is 5.91 Å². The molecular weight excluding hydrogens is 434 g/mol. The molecule has 0 saturated carbocycles. The number of hydrogen-bond donors (Lipinski definition) is 0. The number of fused-ring (bicyclic) bond motifs is 1. The Labute approximate surface area is 214 Å². The zero-order chi connectivity index (χ0) is 24.8. The highest BCUT2D eigenvalue weighted by atomic mass is 16.5. The topological polar surface area (TPSA) is 46.6 Å². The summed E-state index contributed by atoms with van der Waals surface area (Å²) in [5.41, 5.74) is 0.279. The third kappa shape index (κ3) is 9.28. The second-order valence-corrected chi connectivity index (χ2v) is 11.0. The van der Waals surface area contributed by atoms with Crippen LogP contribution in [0.25, 0.3) is 0 Å². The van der Waals surface area contributed by atoms with Gasteiger partial charge in [0, 0.05) is 32.4 Å². The Morgan fingerprint density at radius 2 is 1.31 bits per heavy atom. The van der Waals surface area contributed by atoms with Crippen LogP contribution in [0.15, 0.2) is 24.3 Å². The van der Waals surface area contributed by atoms with Gasteiger partial charge in [-0.1, -0.05) is 109 Å². The first-order valence-corrected chi connectivity index (χ1v) is 14.7. The number of likely N-dealkylation sites (tertiary alicyclic amines) is 1. The number of carbonyl (C=O) groups is 2. The van der Waals surface area contributed by atoms with Gasteiger partial charge in [-0.25, -0.2) is 0 Å². The van der Waals surface area contributed by atoms with Gasteiger partial charge in [0.05, 0.1) is 12.0 Å². The van der Waals surface area contributed by atoms with E-state index >= 15 is 0 Å². The Bertz CT molecular complexity index is 766. The second kappa shape index (κ2) is 15.3. The van der Waals surface area contributed by atoms with Gasteiger partial charge in [-0.05, 0) is 18.6 Å². The lowest BCUT2D eigenvalue weighted by atomic mass is 9.82. The smallest absolute Gasteiger partial charge is 0.222 e. The summed E-state index contributed by atoms with van der Waals surface area (Å²) in [6.45, 7) is 3.68. The average Bonchev–Trinajstić information content (AvgIpc) is 2.86. The highest BCUT2D eigenvalue weighted by Gasteiger charge is 2.43. The predicted octanol–water partition coefficient (Wildman–Crippen LogP) is 8.27. The van der Waals surface area contributed by atoms with E-state index in [2.05, 4.69) is 6.92 Å². The standard InChI is InChI=1S/C31H49NO3/c1-2-3-4-5-6-7-8-9-10-11-12-13-14-15-16-21-30(34)32-24-22-31(23-25-32)26-28(33)27-19-17-18-20-29(27)35-31/h17-20H,2-16,21-26H2,1H3. The quantitative estimate of drug-likeness (QED) is 0.222.